The number of nitrogens with zero attached hydrogens (tertiary/aromatic N) is 2. The summed E-state index contributed by atoms with van der Waals surface area (Å²) in [6.07, 6.45) is 3.71. The number of rotatable bonds is 4. The quantitative estimate of drug-likeness (QED) is 0.603. The molecule has 0 amide bonds. The van der Waals surface area contributed by atoms with E-state index < -0.39 is 0 Å². The van der Waals surface area contributed by atoms with Crippen molar-refractivity contribution in [3.05, 3.63) is 76.0 Å². The molecular weight excluding hydrogens is 361 g/mol. The van der Waals surface area contributed by atoms with Gasteiger partial charge in [0, 0.05) is 21.9 Å². The third-order valence-electron chi connectivity index (χ3n) is 3.36. The van der Waals surface area contributed by atoms with Crippen LogP contribution in [-0.4, -0.2) is 4.98 Å². The summed E-state index contributed by atoms with van der Waals surface area (Å²) in [7, 11) is 0. The smallest absolute Gasteiger partial charge is 0.176 e. The minimum Gasteiger partial charge on any atom is -0.240 e. The van der Waals surface area contributed by atoms with E-state index in [2.05, 4.69) is 16.0 Å². The van der Waals surface area contributed by atoms with E-state index in [-0.39, 0.29) is 0 Å². The Morgan fingerprint density at radius 3 is 2.75 bits per heavy atom. The van der Waals surface area contributed by atoms with Crippen LogP contribution in [0.2, 0.25) is 10.0 Å². The largest absolute Gasteiger partial charge is 0.240 e. The van der Waals surface area contributed by atoms with Gasteiger partial charge < -0.3 is 0 Å². The van der Waals surface area contributed by atoms with Crippen LogP contribution in [-0.2, 0) is 5.75 Å². The normalized spacial score (nSPS) is 10.4. The summed E-state index contributed by atoms with van der Waals surface area (Å²) in [6.45, 7) is 0. The first-order valence-electron chi connectivity index (χ1n) is 7.12. The SMILES string of the molecule is N#Cc1ccc(-c2ccc[nH+]c2)nc1SCc1ccc(Cl)cc1Cl. The topological polar surface area (TPSA) is 50.8 Å². The monoisotopic (exact) mass is 372 g/mol. The minimum absolute atomic E-state index is 0.550. The van der Waals surface area contributed by atoms with Gasteiger partial charge in [0.15, 0.2) is 12.4 Å². The number of hydrogen-bond donors (Lipinski definition) is 0. The van der Waals surface area contributed by atoms with Crippen LogP contribution >= 0.6 is 35.0 Å². The molecule has 6 heteroatoms. The number of aromatic amines is 1. The number of pyridine rings is 2. The lowest BCUT2D eigenvalue weighted by Gasteiger charge is -2.07. The third kappa shape index (κ3) is 3.88. The van der Waals surface area contributed by atoms with E-state index in [0.29, 0.717) is 26.4 Å². The Hall–Kier alpha value is -2.06. The second kappa shape index (κ2) is 7.67. The van der Waals surface area contributed by atoms with Gasteiger partial charge in [0.25, 0.3) is 0 Å². The molecular formula is C18H12Cl2N3S+. The second-order valence-electron chi connectivity index (χ2n) is 4.98. The maximum atomic E-state index is 9.32. The van der Waals surface area contributed by atoms with Crippen molar-refractivity contribution in [1.29, 1.82) is 5.26 Å². The molecule has 3 rings (SSSR count). The van der Waals surface area contributed by atoms with Crippen LogP contribution in [0.3, 0.4) is 0 Å². The standard InChI is InChI=1S/C18H11Cl2N3S/c19-15-5-3-14(16(20)8-15)11-24-18-12(9-21)4-6-17(23-18)13-2-1-7-22-10-13/h1-8,10H,11H2/p+1. The molecule has 2 heterocycles. The average molecular weight is 373 g/mol. The maximum absolute atomic E-state index is 9.32. The van der Waals surface area contributed by atoms with Crippen LogP contribution in [0.25, 0.3) is 11.3 Å². The van der Waals surface area contributed by atoms with Crippen LogP contribution < -0.4 is 4.98 Å². The zero-order valence-corrected chi connectivity index (χ0v) is 14.8. The summed E-state index contributed by atoms with van der Waals surface area (Å²) in [6, 6.07) is 15.1. The van der Waals surface area contributed by atoms with Crippen molar-refractivity contribution < 1.29 is 4.98 Å². The first-order valence-corrected chi connectivity index (χ1v) is 8.86. The van der Waals surface area contributed by atoms with Crippen LogP contribution in [0.4, 0.5) is 0 Å². The molecule has 24 heavy (non-hydrogen) atoms. The van der Waals surface area contributed by atoms with E-state index in [0.717, 1.165) is 16.8 Å². The molecule has 2 aromatic heterocycles. The molecule has 0 spiro atoms. The van der Waals surface area contributed by atoms with E-state index in [1.807, 2.05) is 36.7 Å². The molecule has 0 fully saturated rings. The molecule has 1 aromatic carbocycles. The van der Waals surface area contributed by atoms with E-state index in [1.54, 1.807) is 18.2 Å². The first-order chi connectivity index (χ1) is 11.7. The third-order valence-corrected chi connectivity index (χ3v) is 4.99. The molecule has 3 aromatic rings. The number of benzene rings is 1. The van der Waals surface area contributed by atoms with E-state index in [4.69, 9.17) is 23.2 Å². The maximum Gasteiger partial charge on any atom is 0.176 e. The van der Waals surface area contributed by atoms with Gasteiger partial charge in [0.05, 0.1) is 16.8 Å². The summed E-state index contributed by atoms with van der Waals surface area (Å²) in [5.41, 5.74) is 3.29. The fraction of sp³-hybridized carbons (Fsp3) is 0.0556. The highest BCUT2D eigenvalue weighted by atomic mass is 35.5. The van der Waals surface area contributed by atoms with Gasteiger partial charge in [-0.2, -0.15) is 5.26 Å². The summed E-state index contributed by atoms with van der Waals surface area (Å²) in [5, 5.41) is 11.2. The van der Waals surface area contributed by atoms with Crippen molar-refractivity contribution in [1.82, 2.24) is 4.98 Å². The van der Waals surface area contributed by atoms with Gasteiger partial charge in [-0.1, -0.05) is 29.3 Å². The van der Waals surface area contributed by atoms with Crippen molar-refractivity contribution >= 4 is 35.0 Å². The summed E-state index contributed by atoms with van der Waals surface area (Å²) in [4.78, 5) is 7.66. The fourth-order valence-electron chi connectivity index (χ4n) is 2.13. The summed E-state index contributed by atoms with van der Waals surface area (Å²) >= 11 is 13.6. The van der Waals surface area contributed by atoms with Crippen LogP contribution in [0.15, 0.2) is 59.9 Å². The minimum atomic E-state index is 0.550. The Morgan fingerprint density at radius 1 is 1.17 bits per heavy atom. The van der Waals surface area contributed by atoms with Gasteiger partial charge in [-0.25, -0.2) is 9.97 Å². The first kappa shape index (κ1) is 16.8. The molecule has 0 aliphatic carbocycles. The Kier molecular flexibility index (Phi) is 5.37. The van der Waals surface area contributed by atoms with Gasteiger partial charge in [-0.05, 0) is 35.9 Å². The van der Waals surface area contributed by atoms with Crippen molar-refractivity contribution in [2.24, 2.45) is 0 Å². The van der Waals surface area contributed by atoms with E-state index >= 15 is 0 Å². The van der Waals surface area contributed by atoms with E-state index in [9.17, 15) is 5.26 Å². The van der Waals surface area contributed by atoms with Crippen LogP contribution in [0.1, 0.15) is 11.1 Å². The van der Waals surface area contributed by atoms with Crippen LogP contribution in [0, 0.1) is 11.3 Å². The van der Waals surface area contributed by atoms with Gasteiger partial charge in [-0.3, -0.25) is 0 Å². The summed E-state index contributed by atoms with van der Waals surface area (Å²) in [5.74, 6) is 0.613. The van der Waals surface area contributed by atoms with Gasteiger partial charge >= 0.3 is 0 Å². The molecule has 0 aliphatic heterocycles. The molecule has 0 saturated carbocycles. The number of halogens is 2. The lowest BCUT2D eigenvalue weighted by atomic mass is 10.2. The number of nitriles is 1. The van der Waals surface area contributed by atoms with Crippen molar-refractivity contribution in [2.45, 2.75) is 10.8 Å². The number of nitrogens with one attached hydrogen (secondary N) is 1. The highest BCUT2D eigenvalue weighted by Gasteiger charge is 2.10. The molecule has 0 bridgehead atoms. The fourth-order valence-corrected chi connectivity index (χ4v) is 3.66. The van der Waals surface area contributed by atoms with Crippen molar-refractivity contribution in [3.8, 4) is 17.3 Å². The number of H-pyrrole nitrogens is 1. The van der Waals surface area contributed by atoms with Gasteiger partial charge in [0.1, 0.15) is 11.1 Å². The molecule has 1 N–H and O–H groups in total. The van der Waals surface area contributed by atoms with Crippen molar-refractivity contribution in [3.63, 3.8) is 0 Å². The van der Waals surface area contributed by atoms with E-state index in [1.165, 1.54) is 11.8 Å². The number of hydrogen-bond acceptors (Lipinski definition) is 3. The van der Waals surface area contributed by atoms with Gasteiger partial charge in [-0.15, -0.1) is 11.8 Å². The average Bonchev–Trinajstić information content (AvgIpc) is 2.61. The van der Waals surface area contributed by atoms with Crippen LogP contribution in [0.5, 0.6) is 0 Å². The lowest BCUT2D eigenvalue weighted by molar-refractivity contribution is -0.377. The Morgan fingerprint density at radius 2 is 2.04 bits per heavy atom. The molecule has 0 atom stereocenters. The highest BCUT2D eigenvalue weighted by molar-refractivity contribution is 7.98. The zero-order valence-electron chi connectivity index (χ0n) is 12.5. The van der Waals surface area contributed by atoms with Gasteiger partial charge in [0.2, 0.25) is 0 Å². The molecule has 3 nitrogen and oxygen atoms in total. The number of aromatic nitrogens is 2. The molecule has 0 saturated heterocycles. The Balaban J connectivity index is 1.88. The number of thioether (sulfide) groups is 1. The predicted octanol–water partition coefficient (Wildman–Crippen LogP) is 5.03. The Labute approximate surface area is 154 Å². The molecule has 118 valence electrons. The Bertz CT molecular complexity index is 908. The second-order valence-corrected chi connectivity index (χ2v) is 6.79. The lowest BCUT2D eigenvalue weighted by Crippen LogP contribution is -1.99. The molecule has 0 radical (unpaired) electrons. The zero-order chi connectivity index (χ0) is 16.9. The molecule has 0 unspecified atom stereocenters. The predicted molar refractivity (Wildman–Crippen MR) is 97.0 cm³/mol. The summed E-state index contributed by atoms with van der Waals surface area (Å²) < 4.78 is 0. The van der Waals surface area contributed by atoms with Crippen molar-refractivity contribution in [2.75, 3.05) is 0 Å². The molecule has 0 aliphatic rings. The highest BCUT2D eigenvalue weighted by Crippen LogP contribution is 2.30.